The Morgan fingerprint density at radius 2 is 1.81 bits per heavy atom. The van der Waals surface area contributed by atoms with Crippen molar-refractivity contribution in [1.29, 1.82) is 0 Å². The quantitative estimate of drug-likeness (QED) is 0.445. The molecule has 1 aliphatic heterocycles. The number of carbonyl (C=O) groups is 1. The molecule has 3 aromatic rings. The second-order valence-corrected chi connectivity index (χ2v) is 11.4. The number of nitrogens with zero attached hydrogens (tertiary/aromatic N) is 4. The van der Waals surface area contributed by atoms with E-state index in [-0.39, 0.29) is 10.8 Å². The van der Waals surface area contributed by atoms with E-state index in [1.807, 2.05) is 54.4 Å². The second-order valence-electron chi connectivity index (χ2n) is 9.96. The van der Waals surface area contributed by atoms with Crippen molar-refractivity contribution in [2.24, 2.45) is 0 Å². The number of benzene rings is 1. The number of amides is 2. The summed E-state index contributed by atoms with van der Waals surface area (Å²) in [6.45, 7) is 3.03. The minimum absolute atomic E-state index is 0.129. The average molecular weight is 517 g/mol. The van der Waals surface area contributed by atoms with Crippen LogP contribution in [0, 0.1) is 0 Å². The molecule has 1 aromatic carbocycles. The van der Waals surface area contributed by atoms with Crippen LogP contribution in [-0.2, 0) is 9.48 Å². The second kappa shape index (κ2) is 10.7. The molecule has 0 spiro atoms. The summed E-state index contributed by atoms with van der Waals surface area (Å²) in [4.78, 5) is 29.2. The van der Waals surface area contributed by atoms with E-state index in [1.165, 1.54) is 12.8 Å². The largest absolute Gasteiger partial charge is 0.378 e. The molecule has 0 unspecified atom stereocenters. The van der Waals surface area contributed by atoms with Gasteiger partial charge >= 0.3 is 6.03 Å². The molecule has 3 aliphatic rings. The molecule has 192 valence electrons. The van der Waals surface area contributed by atoms with E-state index in [4.69, 9.17) is 14.7 Å². The van der Waals surface area contributed by atoms with Crippen LogP contribution in [0.1, 0.15) is 44.2 Å². The van der Waals surface area contributed by atoms with Crippen LogP contribution in [0.4, 0.5) is 16.3 Å². The molecule has 2 N–H and O–H groups in total. The molecular weight excluding hydrogens is 484 g/mol. The molecule has 3 fully saturated rings. The van der Waals surface area contributed by atoms with Crippen molar-refractivity contribution in [2.75, 3.05) is 36.5 Å². The van der Waals surface area contributed by atoms with E-state index >= 15 is 0 Å². The summed E-state index contributed by atoms with van der Waals surface area (Å²) in [5, 5.41) is 6.90. The molecule has 6 rings (SSSR count). The molecule has 0 atom stereocenters. The standard InChI is InChI=1S/C28H32N6O2S/c35-27(31-22-10-11-22)30-21-8-6-20(7-9-21)26-32-23(19-24(33-26)34-15-17-36-18-16-34)28(12-2-3-13-28)37-25-5-1-4-14-29-25/h1,4-9,14,19,22H,2-3,10-13,15-18H2,(H2,30,31,35). The van der Waals surface area contributed by atoms with Gasteiger partial charge in [0.05, 0.1) is 28.7 Å². The smallest absolute Gasteiger partial charge is 0.319 e. The zero-order valence-electron chi connectivity index (χ0n) is 20.9. The Labute approximate surface area is 221 Å². The van der Waals surface area contributed by atoms with E-state index in [1.54, 1.807) is 0 Å². The minimum Gasteiger partial charge on any atom is -0.378 e. The number of carbonyl (C=O) groups excluding carboxylic acids is 1. The van der Waals surface area contributed by atoms with Gasteiger partial charge < -0.3 is 20.3 Å². The van der Waals surface area contributed by atoms with Gasteiger partial charge in [-0.2, -0.15) is 0 Å². The van der Waals surface area contributed by atoms with Crippen LogP contribution in [0.2, 0.25) is 0 Å². The lowest BCUT2D eigenvalue weighted by atomic mass is 10.0. The zero-order valence-corrected chi connectivity index (χ0v) is 21.7. The third-order valence-electron chi connectivity index (χ3n) is 7.18. The number of aromatic nitrogens is 3. The zero-order chi connectivity index (χ0) is 25.1. The van der Waals surface area contributed by atoms with Crippen LogP contribution < -0.4 is 15.5 Å². The van der Waals surface area contributed by atoms with Crippen molar-refractivity contribution in [3.63, 3.8) is 0 Å². The van der Waals surface area contributed by atoms with Gasteiger partial charge in [-0.1, -0.05) is 30.7 Å². The number of hydrogen-bond donors (Lipinski definition) is 2. The van der Waals surface area contributed by atoms with Crippen LogP contribution >= 0.6 is 11.8 Å². The maximum Gasteiger partial charge on any atom is 0.319 e. The van der Waals surface area contributed by atoms with Crippen molar-refractivity contribution >= 4 is 29.3 Å². The number of thioether (sulfide) groups is 1. The van der Waals surface area contributed by atoms with Crippen LogP contribution in [0.25, 0.3) is 11.4 Å². The van der Waals surface area contributed by atoms with Gasteiger partial charge in [0.25, 0.3) is 0 Å². The van der Waals surface area contributed by atoms with E-state index in [0.29, 0.717) is 25.1 Å². The summed E-state index contributed by atoms with van der Waals surface area (Å²) < 4.78 is 5.47. The number of hydrogen-bond acceptors (Lipinski definition) is 7. The molecule has 2 saturated carbocycles. The van der Waals surface area contributed by atoms with Crippen molar-refractivity contribution < 1.29 is 9.53 Å². The third-order valence-corrected chi connectivity index (χ3v) is 8.64. The highest BCUT2D eigenvalue weighted by molar-refractivity contribution is 8.00. The highest BCUT2D eigenvalue weighted by atomic mass is 32.2. The number of urea groups is 1. The summed E-state index contributed by atoms with van der Waals surface area (Å²) in [6, 6.07) is 16.3. The summed E-state index contributed by atoms with van der Waals surface area (Å²) in [5.74, 6) is 1.66. The van der Waals surface area contributed by atoms with Gasteiger partial charge in [-0.25, -0.2) is 19.7 Å². The van der Waals surface area contributed by atoms with Gasteiger partial charge in [-0.05, 0) is 62.1 Å². The Balaban J connectivity index is 1.33. The topological polar surface area (TPSA) is 92.3 Å². The molecular formula is C28H32N6O2S. The Morgan fingerprint density at radius 3 is 2.51 bits per heavy atom. The van der Waals surface area contributed by atoms with Crippen LogP contribution in [-0.4, -0.2) is 53.3 Å². The number of anilines is 2. The van der Waals surface area contributed by atoms with E-state index < -0.39 is 0 Å². The maximum atomic E-state index is 12.1. The van der Waals surface area contributed by atoms with E-state index in [2.05, 4.69) is 32.7 Å². The molecule has 8 nitrogen and oxygen atoms in total. The Bertz CT molecular complexity index is 1220. The minimum atomic E-state index is -0.155. The summed E-state index contributed by atoms with van der Waals surface area (Å²) in [7, 11) is 0. The lowest BCUT2D eigenvalue weighted by Crippen LogP contribution is -2.37. The molecule has 2 amide bonds. The van der Waals surface area contributed by atoms with Gasteiger partial charge in [0.2, 0.25) is 0 Å². The summed E-state index contributed by atoms with van der Waals surface area (Å²) in [5.41, 5.74) is 2.75. The monoisotopic (exact) mass is 516 g/mol. The highest BCUT2D eigenvalue weighted by Gasteiger charge is 2.39. The molecule has 9 heteroatoms. The third kappa shape index (κ3) is 5.72. The molecule has 2 aromatic heterocycles. The fourth-order valence-electron chi connectivity index (χ4n) is 5.00. The van der Waals surface area contributed by atoms with Crippen LogP contribution in [0.3, 0.4) is 0 Å². The predicted octanol–water partition coefficient (Wildman–Crippen LogP) is 5.22. The van der Waals surface area contributed by atoms with Crippen molar-refractivity contribution in [2.45, 2.75) is 54.3 Å². The molecule has 3 heterocycles. The lowest BCUT2D eigenvalue weighted by Gasteiger charge is -2.31. The maximum absolute atomic E-state index is 12.1. The average Bonchev–Trinajstić information content (AvgIpc) is 3.63. The molecule has 37 heavy (non-hydrogen) atoms. The number of ether oxygens (including phenoxy) is 1. The SMILES string of the molecule is O=C(Nc1ccc(-c2nc(N3CCOCC3)cc(C3(Sc4ccccn4)CCCC3)n2)cc1)NC1CC1. The van der Waals surface area contributed by atoms with Crippen LogP contribution in [0.15, 0.2) is 59.8 Å². The first-order valence-electron chi connectivity index (χ1n) is 13.2. The van der Waals surface area contributed by atoms with Crippen molar-refractivity contribution in [1.82, 2.24) is 20.3 Å². The van der Waals surface area contributed by atoms with Gasteiger partial charge in [0.1, 0.15) is 5.82 Å². The van der Waals surface area contributed by atoms with Gasteiger partial charge in [0.15, 0.2) is 5.82 Å². The number of nitrogens with one attached hydrogen (secondary N) is 2. The van der Waals surface area contributed by atoms with Gasteiger partial charge in [-0.3, -0.25) is 0 Å². The van der Waals surface area contributed by atoms with E-state index in [9.17, 15) is 4.79 Å². The fourth-order valence-corrected chi connectivity index (χ4v) is 6.36. The van der Waals surface area contributed by atoms with Crippen molar-refractivity contribution in [3.8, 4) is 11.4 Å². The number of pyridine rings is 1. The van der Waals surface area contributed by atoms with Crippen molar-refractivity contribution in [3.05, 3.63) is 60.4 Å². The predicted molar refractivity (Wildman–Crippen MR) is 146 cm³/mol. The number of morpholine rings is 1. The highest BCUT2D eigenvalue weighted by Crippen LogP contribution is 2.52. The molecule has 1 saturated heterocycles. The normalized spacial score (nSPS) is 19.0. The lowest BCUT2D eigenvalue weighted by molar-refractivity contribution is 0.122. The Morgan fingerprint density at radius 1 is 1.03 bits per heavy atom. The summed E-state index contributed by atoms with van der Waals surface area (Å²) >= 11 is 1.83. The Hall–Kier alpha value is -3.17. The van der Waals surface area contributed by atoms with Gasteiger partial charge in [-0.15, -0.1) is 0 Å². The first-order chi connectivity index (χ1) is 18.2. The molecule has 0 radical (unpaired) electrons. The first kappa shape index (κ1) is 24.2. The van der Waals surface area contributed by atoms with Gasteiger partial charge in [0, 0.05) is 42.6 Å². The molecule has 0 bridgehead atoms. The van der Waals surface area contributed by atoms with E-state index in [0.717, 1.165) is 66.6 Å². The first-order valence-corrected chi connectivity index (χ1v) is 14.0. The fraction of sp³-hybridized carbons (Fsp3) is 0.429. The molecule has 2 aliphatic carbocycles. The Kier molecular flexibility index (Phi) is 6.97. The van der Waals surface area contributed by atoms with Crippen LogP contribution in [0.5, 0.6) is 0 Å². The summed E-state index contributed by atoms with van der Waals surface area (Å²) in [6.07, 6.45) is 8.45. The number of rotatable bonds is 7.